The van der Waals surface area contributed by atoms with Crippen LogP contribution in [-0.2, 0) is 13.1 Å². The highest BCUT2D eigenvalue weighted by atomic mass is 16.5. The molecule has 3 nitrogen and oxygen atoms in total. The van der Waals surface area contributed by atoms with E-state index in [2.05, 4.69) is 42.5 Å². The van der Waals surface area contributed by atoms with Gasteiger partial charge >= 0.3 is 0 Å². The highest BCUT2D eigenvalue weighted by molar-refractivity contribution is 5.30. The first-order valence-electron chi connectivity index (χ1n) is 6.26. The minimum absolute atomic E-state index is 0.800. The summed E-state index contributed by atoms with van der Waals surface area (Å²) in [6.45, 7) is 9.87. The fourth-order valence-electron chi connectivity index (χ4n) is 2.00. The van der Waals surface area contributed by atoms with Crippen LogP contribution in [-0.4, -0.2) is 5.16 Å². The van der Waals surface area contributed by atoms with Gasteiger partial charge in [-0.2, -0.15) is 0 Å². The minimum atomic E-state index is 0.800. The Bertz CT molecular complexity index is 524. The van der Waals surface area contributed by atoms with Gasteiger partial charge in [0.25, 0.3) is 0 Å². The molecule has 96 valence electrons. The molecule has 18 heavy (non-hydrogen) atoms. The zero-order valence-electron chi connectivity index (χ0n) is 11.5. The Morgan fingerprint density at radius 2 is 1.83 bits per heavy atom. The fourth-order valence-corrected chi connectivity index (χ4v) is 2.00. The molecular weight excluding hydrogens is 224 g/mol. The van der Waals surface area contributed by atoms with Crippen LogP contribution in [0.5, 0.6) is 0 Å². The zero-order valence-corrected chi connectivity index (χ0v) is 11.5. The van der Waals surface area contributed by atoms with Gasteiger partial charge in [-0.3, -0.25) is 0 Å². The van der Waals surface area contributed by atoms with Crippen molar-refractivity contribution in [3.8, 4) is 0 Å². The van der Waals surface area contributed by atoms with Crippen molar-refractivity contribution in [2.45, 2.75) is 40.8 Å². The van der Waals surface area contributed by atoms with Crippen molar-refractivity contribution in [1.82, 2.24) is 10.5 Å². The van der Waals surface area contributed by atoms with Gasteiger partial charge in [-0.05, 0) is 44.4 Å². The molecule has 2 aromatic rings. The molecule has 2 rings (SSSR count). The van der Waals surface area contributed by atoms with Crippen molar-refractivity contribution < 1.29 is 4.52 Å². The summed E-state index contributed by atoms with van der Waals surface area (Å²) < 4.78 is 5.14. The summed E-state index contributed by atoms with van der Waals surface area (Å²) in [5.41, 5.74) is 6.12. The molecule has 3 heteroatoms. The quantitative estimate of drug-likeness (QED) is 0.897. The van der Waals surface area contributed by atoms with Gasteiger partial charge in [0, 0.05) is 18.7 Å². The summed E-state index contributed by atoms with van der Waals surface area (Å²) in [5, 5.41) is 7.38. The molecule has 1 heterocycles. The molecule has 0 saturated carbocycles. The minimum Gasteiger partial charge on any atom is -0.361 e. The summed E-state index contributed by atoms with van der Waals surface area (Å²) in [6, 6.07) is 6.57. The monoisotopic (exact) mass is 244 g/mol. The molecule has 0 aliphatic rings. The van der Waals surface area contributed by atoms with Crippen LogP contribution >= 0.6 is 0 Å². The maximum Gasteiger partial charge on any atom is 0.138 e. The summed E-state index contributed by atoms with van der Waals surface area (Å²) in [7, 11) is 0. The van der Waals surface area contributed by atoms with Crippen LogP contribution in [0.2, 0.25) is 0 Å². The molecule has 0 spiro atoms. The standard InChI is InChI=1S/C15H20N2O/c1-10-5-6-14(7-11(10)2)8-16-9-15-12(3)17-18-13(15)4/h5-7,16H,8-9H2,1-4H3. The maximum absolute atomic E-state index is 5.14. The molecule has 0 atom stereocenters. The predicted octanol–water partition coefficient (Wildman–Crippen LogP) is 3.20. The maximum atomic E-state index is 5.14. The van der Waals surface area contributed by atoms with E-state index in [0.29, 0.717) is 0 Å². The van der Waals surface area contributed by atoms with Gasteiger partial charge in [-0.15, -0.1) is 0 Å². The van der Waals surface area contributed by atoms with Crippen molar-refractivity contribution >= 4 is 0 Å². The van der Waals surface area contributed by atoms with E-state index in [1.807, 2.05) is 13.8 Å². The van der Waals surface area contributed by atoms with Gasteiger partial charge in [-0.1, -0.05) is 23.4 Å². The lowest BCUT2D eigenvalue weighted by Crippen LogP contribution is -2.13. The lowest BCUT2D eigenvalue weighted by Gasteiger charge is -2.07. The summed E-state index contributed by atoms with van der Waals surface area (Å²) >= 11 is 0. The smallest absolute Gasteiger partial charge is 0.138 e. The highest BCUT2D eigenvalue weighted by Crippen LogP contribution is 2.13. The number of hydrogen-bond acceptors (Lipinski definition) is 3. The number of aromatic nitrogens is 1. The van der Waals surface area contributed by atoms with Crippen LogP contribution in [0.1, 0.15) is 33.7 Å². The van der Waals surface area contributed by atoms with Crippen LogP contribution in [0.3, 0.4) is 0 Å². The van der Waals surface area contributed by atoms with Crippen molar-refractivity contribution in [3.63, 3.8) is 0 Å². The van der Waals surface area contributed by atoms with Crippen molar-refractivity contribution in [1.29, 1.82) is 0 Å². The Morgan fingerprint density at radius 1 is 1.06 bits per heavy atom. The lowest BCUT2D eigenvalue weighted by atomic mass is 10.1. The summed E-state index contributed by atoms with van der Waals surface area (Å²) in [6.07, 6.45) is 0. The highest BCUT2D eigenvalue weighted by Gasteiger charge is 2.07. The van der Waals surface area contributed by atoms with E-state index < -0.39 is 0 Å². The molecule has 0 aliphatic carbocycles. The topological polar surface area (TPSA) is 38.1 Å². The number of rotatable bonds is 4. The van der Waals surface area contributed by atoms with E-state index in [9.17, 15) is 0 Å². The Kier molecular flexibility index (Phi) is 3.82. The van der Waals surface area contributed by atoms with Gasteiger partial charge in [0.05, 0.1) is 5.69 Å². The number of aryl methyl sites for hydroxylation is 4. The fraction of sp³-hybridized carbons (Fsp3) is 0.400. The largest absolute Gasteiger partial charge is 0.361 e. The van der Waals surface area contributed by atoms with Crippen LogP contribution in [0, 0.1) is 27.7 Å². The second kappa shape index (κ2) is 5.36. The second-order valence-electron chi connectivity index (χ2n) is 4.82. The Hall–Kier alpha value is -1.61. The van der Waals surface area contributed by atoms with Crippen LogP contribution in [0.15, 0.2) is 22.7 Å². The van der Waals surface area contributed by atoms with E-state index in [0.717, 1.165) is 24.5 Å². The molecule has 0 aliphatic heterocycles. The average Bonchev–Trinajstić information content (AvgIpc) is 2.65. The summed E-state index contributed by atoms with van der Waals surface area (Å²) in [4.78, 5) is 0. The normalized spacial score (nSPS) is 10.9. The zero-order chi connectivity index (χ0) is 13.1. The van der Waals surface area contributed by atoms with Gasteiger partial charge in [0.15, 0.2) is 0 Å². The lowest BCUT2D eigenvalue weighted by molar-refractivity contribution is 0.392. The van der Waals surface area contributed by atoms with Crippen molar-refractivity contribution in [2.75, 3.05) is 0 Å². The number of benzene rings is 1. The molecule has 0 amide bonds. The SMILES string of the molecule is Cc1ccc(CNCc2c(C)noc2C)cc1C. The number of nitrogens with one attached hydrogen (secondary N) is 1. The van der Waals surface area contributed by atoms with Crippen LogP contribution < -0.4 is 5.32 Å². The first kappa shape index (κ1) is 12.8. The van der Waals surface area contributed by atoms with Crippen molar-refractivity contribution in [2.24, 2.45) is 0 Å². The predicted molar refractivity (Wildman–Crippen MR) is 72.4 cm³/mol. The van der Waals surface area contributed by atoms with E-state index in [1.165, 1.54) is 22.3 Å². The van der Waals surface area contributed by atoms with Gasteiger partial charge in [0.2, 0.25) is 0 Å². The molecular formula is C15H20N2O. The Morgan fingerprint density at radius 3 is 2.44 bits per heavy atom. The Labute approximate surface area is 108 Å². The van der Waals surface area contributed by atoms with E-state index in [1.54, 1.807) is 0 Å². The van der Waals surface area contributed by atoms with E-state index in [-0.39, 0.29) is 0 Å². The molecule has 1 aromatic heterocycles. The molecule has 0 saturated heterocycles. The first-order valence-corrected chi connectivity index (χ1v) is 6.26. The molecule has 0 unspecified atom stereocenters. The van der Waals surface area contributed by atoms with Gasteiger partial charge in [0.1, 0.15) is 5.76 Å². The third-order valence-electron chi connectivity index (χ3n) is 3.38. The first-order chi connectivity index (χ1) is 8.58. The third-order valence-corrected chi connectivity index (χ3v) is 3.38. The van der Waals surface area contributed by atoms with Crippen LogP contribution in [0.4, 0.5) is 0 Å². The molecule has 0 fully saturated rings. The van der Waals surface area contributed by atoms with E-state index in [4.69, 9.17) is 4.52 Å². The van der Waals surface area contributed by atoms with Crippen LogP contribution in [0.25, 0.3) is 0 Å². The molecule has 1 aromatic carbocycles. The van der Waals surface area contributed by atoms with Gasteiger partial charge < -0.3 is 9.84 Å². The molecule has 0 bridgehead atoms. The second-order valence-corrected chi connectivity index (χ2v) is 4.82. The number of hydrogen-bond donors (Lipinski definition) is 1. The average molecular weight is 244 g/mol. The van der Waals surface area contributed by atoms with Crippen molar-refractivity contribution in [3.05, 3.63) is 51.9 Å². The third kappa shape index (κ3) is 2.79. The molecule has 1 N–H and O–H groups in total. The summed E-state index contributed by atoms with van der Waals surface area (Å²) in [5.74, 6) is 0.903. The van der Waals surface area contributed by atoms with Gasteiger partial charge in [-0.25, -0.2) is 0 Å². The van der Waals surface area contributed by atoms with E-state index >= 15 is 0 Å². The number of nitrogens with zero attached hydrogens (tertiary/aromatic N) is 1. The molecule has 0 radical (unpaired) electrons. The Balaban J connectivity index is 1.94.